The number of aromatic nitrogens is 3. The number of hydrogen-bond donors (Lipinski definition) is 1. The summed E-state index contributed by atoms with van der Waals surface area (Å²) in [5, 5.41) is 7.91. The third-order valence-electron chi connectivity index (χ3n) is 3.33. The first kappa shape index (κ1) is 14.5. The molecule has 1 N–H and O–H groups in total. The Bertz CT molecular complexity index is 502. The van der Waals surface area contributed by atoms with Crippen LogP contribution in [0.3, 0.4) is 0 Å². The molecule has 2 aromatic heterocycles. The summed E-state index contributed by atoms with van der Waals surface area (Å²) in [4.78, 5) is 4.07. The molecule has 0 amide bonds. The minimum atomic E-state index is 0.180. The van der Waals surface area contributed by atoms with Crippen LogP contribution in [0.5, 0.6) is 5.75 Å². The second kappa shape index (κ2) is 7.05. The topological polar surface area (TPSA) is 52.0 Å². The zero-order chi connectivity index (χ0) is 14.4. The maximum absolute atomic E-state index is 5.46. The van der Waals surface area contributed by atoms with E-state index >= 15 is 0 Å². The number of nitrogens with zero attached hydrogens (tertiary/aromatic N) is 3. The molecule has 0 saturated heterocycles. The molecule has 0 spiro atoms. The largest absolute Gasteiger partial charge is 0.493 e. The van der Waals surface area contributed by atoms with E-state index < -0.39 is 0 Å². The van der Waals surface area contributed by atoms with Gasteiger partial charge in [0.1, 0.15) is 0 Å². The lowest BCUT2D eigenvalue weighted by atomic mass is 10.0. The van der Waals surface area contributed by atoms with Crippen molar-refractivity contribution in [3.63, 3.8) is 0 Å². The number of aryl methyl sites for hydroxylation is 1. The first-order chi connectivity index (χ1) is 9.80. The molecular weight excluding hydrogens is 252 g/mol. The van der Waals surface area contributed by atoms with E-state index in [-0.39, 0.29) is 6.04 Å². The van der Waals surface area contributed by atoms with Crippen molar-refractivity contribution in [1.82, 2.24) is 20.1 Å². The Morgan fingerprint density at radius 3 is 2.65 bits per heavy atom. The Hall–Kier alpha value is -1.88. The summed E-state index contributed by atoms with van der Waals surface area (Å²) < 4.78 is 7.45. The molecule has 0 saturated carbocycles. The molecule has 0 aliphatic heterocycles. The Balaban J connectivity index is 2.30. The molecule has 2 heterocycles. The van der Waals surface area contributed by atoms with E-state index in [4.69, 9.17) is 4.74 Å². The van der Waals surface area contributed by atoms with Gasteiger partial charge in [0.05, 0.1) is 25.0 Å². The second-order valence-electron chi connectivity index (χ2n) is 4.58. The van der Waals surface area contributed by atoms with Crippen LogP contribution in [-0.2, 0) is 13.0 Å². The van der Waals surface area contributed by atoms with Crippen LogP contribution < -0.4 is 10.1 Å². The van der Waals surface area contributed by atoms with Crippen LogP contribution in [0.15, 0.2) is 30.7 Å². The number of rotatable bonds is 7. The first-order valence-electron chi connectivity index (χ1n) is 7.02. The van der Waals surface area contributed by atoms with Gasteiger partial charge in [0.25, 0.3) is 0 Å². The van der Waals surface area contributed by atoms with E-state index in [0.29, 0.717) is 0 Å². The summed E-state index contributed by atoms with van der Waals surface area (Å²) in [6.07, 6.45) is 6.33. The van der Waals surface area contributed by atoms with Gasteiger partial charge in [-0.15, -0.1) is 0 Å². The quantitative estimate of drug-likeness (QED) is 0.841. The minimum Gasteiger partial charge on any atom is -0.493 e. The highest BCUT2D eigenvalue weighted by atomic mass is 16.5. The fourth-order valence-electron chi connectivity index (χ4n) is 2.41. The van der Waals surface area contributed by atoms with Crippen molar-refractivity contribution in [3.05, 3.63) is 42.0 Å². The van der Waals surface area contributed by atoms with Gasteiger partial charge in [0.2, 0.25) is 0 Å². The SMILES string of the molecule is CCNC(Cc1ccncc1)c1c(OC)cnn1CC. The van der Waals surface area contributed by atoms with Crippen LogP contribution in [0, 0.1) is 0 Å². The summed E-state index contributed by atoms with van der Waals surface area (Å²) in [6, 6.07) is 4.27. The van der Waals surface area contributed by atoms with Crippen LogP contribution in [0.2, 0.25) is 0 Å². The molecule has 0 radical (unpaired) electrons. The average molecular weight is 274 g/mol. The van der Waals surface area contributed by atoms with Crippen molar-refractivity contribution < 1.29 is 4.74 Å². The maximum Gasteiger partial charge on any atom is 0.161 e. The molecular formula is C15H22N4O. The number of methoxy groups -OCH3 is 1. The smallest absolute Gasteiger partial charge is 0.161 e. The third kappa shape index (κ3) is 3.17. The number of likely N-dealkylation sites (N-methyl/N-ethyl adjacent to an activating group) is 1. The first-order valence-corrected chi connectivity index (χ1v) is 7.02. The Morgan fingerprint density at radius 2 is 2.05 bits per heavy atom. The zero-order valence-electron chi connectivity index (χ0n) is 12.3. The zero-order valence-corrected chi connectivity index (χ0v) is 12.3. The Labute approximate surface area is 120 Å². The molecule has 0 bridgehead atoms. The van der Waals surface area contributed by atoms with Crippen molar-refractivity contribution in [2.75, 3.05) is 13.7 Å². The van der Waals surface area contributed by atoms with Crippen LogP contribution in [-0.4, -0.2) is 28.4 Å². The van der Waals surface area contributed by atoms with Gasteiger partial charge in [-0.05, 0) is 37.6 Å². The molecule has 5 heteroatoms. The summed E-state index contributed by atoms with van der Waals surface area (Å²) in [5.41, 5.74) is 2.35. The molecule has 0 aliphatic rings. The molecule has 20 heavy (non-hydrogen) atoms. The fraction of sp³-hybridized carbons (Fsp3) is 0.467. The minimum absolute atomic E-state index is 0.180. The van der Waals surface area contributed by atoms with Gasteiger partial charge in [-0.2, -0.15) is 5.10 Å². The third-order valence-corrected chi connectivity index (χ3v) is 3.33. The molecule has 5 nitrogen and oxygen atoms in total. The van der Waals surface area contributed by atoms with E-state index in [1.807, 2.05) is 29.2 Å². The van der Waals surface area contributed by atoms with Gasteiger partial charge in [-0.25, -0.2) is 0 Å². The Kier molecular flexibility index (Phi) is 5.12. The number of nitrogens with one attached hydrogen (secondary N) is 1. The molecule has 0 aliphatic carbocycles. The van der Waals surface area contributed by atoms with Gasteiger partial charge in [-0.3, -0.25) is 9.67 Å². The van der Waals surface area contributed by atoms with Gasteiger partial charge in [-0.1, -0.05) is 6.92 Å². The van der Waals surface area contributed by atoms with E-state index in [9.17, 15) is 0 Å². The summed E-state index contributed by atoms with van der Waals surface area (Å²) in [7, 11) is 1.69. The summed E-state index contributed by atoms with van der Waals surface area (Å²) in [6.45, 7) is 5.93. The van der Waals surface area contributed by atoms with Crippen LogP contribution in [0.25, 0.3) is 0 Å². The van der Waals surface area contributed by atoms with Gasteiger partial charge in [0.15, 0.2) is 5.75 Å². The number of ether oxygens (including phenoxy) is 1. The standard InChI is InChI=1S/C15H22N4O/c1-4-17-13(10-12-6-8-16-9-7-12)15-14(20-3)11-18-19(15)5-2/h6-9,11,13,17H,4-5,10H2,1-3H3. The molecule has 1 atom stereocenters. The molecule has 0 aromatic carbocycles. The van der Waals surface area contributed by atoms with Gasteiger partial charge < -0.3 is 10.1 Å². The van der Waals surface area contributed by atoms with E-state index in [0.717, 1.165) is 31.0 Å². The highest BCUT2D eigenvalue weighted by molar-refractivity contribution is 5.30. The van der Waals surface area contributed by atoms with Gasteiger partial charge in [0, 0.05) is 18.9 Å². The second-order valence-corrected chi connectivity index (χ2v) is 4.58. The number of pyridine rings is 1. The van der Waals surface area contributed by atoms with Gasteiger partial charge >= 0.3 is 0 Å². The lowest BCUT2D eigenvalue weighted by Gasteiger charge is -2.20. The van der Waals surface area contributed by atoms with Crippen LogP contribution in [0.4, 0.5) is 0 Å². The monoisotopic (exact) mass is 274 g/mol. The lowest BCUT2D eigenvalue weighted by molar-refractivity contribution is 0.391. The molecule has 0 fully saturated rings. The van der Waals surface area contributed by atoms with Crippen LogP contribution >= 0.6 is 0 Å². The molecule has 108 valence electrons. The van der Waals surface area contributed by atoms with Crippen LogP contribution in [0.1, 0.15) is 31.1 Å². The molecule has 2 rings (SSSR count). The van der Waals surface area contributed by atoms with E-state index in [1.165, 1.54) is 5.56 Å². The average Bonchev–Trinajstić information content (AvgIpc) is 2.90. The molecule has 1 unspecified atom stereocenters. The fourth-order valence-corrected chi connectivity index (χ4v) is 2.41. The lowest BCUT2D eigenvalue weighted by Crippen LogP contribution is -2.26. The van der Waals surface area contributed by atoms with Crippen molar-refractivity contribution >= 4 is 0 Å². The maximum atomic E-state index is 5.46. The van der Waals surface area contributed by atoms with Crippen molar-refractivity contribution in [2.24, 2.45) is 0 Å². The Morgan fingerprint density at radius 1 is 1.30 bits per heavy atom. The highest BCUT2D eigenvalue weighted by Gasteiger charge is 2.21. The van der Waals surface area contributed by atoms with Crippen molar-refractivity contribution in [2.45, 2.75) is 32.9 Å². The van der Waals surface area contributed by atoms with Crippen molar-refractivity contribution in [3.8, 4) is 5.75 Å². The number of hydrogen-bond acceptors (Lipinski definition) is 4. The summed E-state index contributed by atoms with van der Waals surface area (Å²) in [5.74, 6) is 0.840. The van der Waals surface area contributed by atoms with E-state index in [1.54, 1.807) is 13.3 Å². The van der Waals surface area contributed by atoms with E-state index in [2.05, 4.69) is 29.2 Å². The highest BCUT2D eigenvalue weighted by Crippen LogP contribution is 2.27. The predicted octanol–water partition coefficient (Wildman–Crippen LogP) is 2.20. The van der Waals surface area contributed by atoms with Crippen molar-refractivity contribution in [1.29, 1.82) is 0 Å². The summed E-state index contributed by atoms with van der Waals surface area (Å²) >= 11 is 0. The normalized spacial score (nSPS) is 12.3. The molecule has 2 aromatic rings. The predicted molar refractivity (Wildman–Crippen MR) is 78.8 cm³/mol.